The highest BCUT2D eigenvalue weighted by molar-refractivity contribution is 6.33. The van der Waals surface area contributed by atoms with Crippen LogP contribution in [0.5, 0.6) is 0 Å². The Morgan fingerprint density at radius 3 is 2.64 bits per heavy atom. The van der Waals surface area contributed by atoms with Crippen molar-refractivity contribution >= 4 is 29.5 Å². The van der Waals surface area contributed by atoms with Crippen LogP contribution in [0, 0.1) is 6.92 Å². The van der Waals surface area contributed by atoms with Crippen molar-refractivity contribution in [3.05, 3.63) is 11.0 Å². The molecule has 0 bridgehead atoms. The molecule has 1 aromatic heterocycles. The van der Waals surface area contributed by atoms with Crippen LogP contribution in [-0.4, -0.2) is 30.5 Å². The number of carbonyl (C=O) groups excluding carboxylic acids is 1. The number of halogens is 1. The van der Waals surface area contributed by atoms with Gasteiger partial charge in [0.05, 0.1) is 0 Å². The van der Waals surface area contributed by atoms with Gasteiger partial charge in [-0.3, -0.25) is 4.79 Å². The molecule has 5 nitrogen and oxygen atoms in total. The number of carbonyl (C=O) groups is 1. The molecule has 14 heavy (non-hydrogen) atoms. The van der Waals surface area contributed by atoms with E-state index in [-0.39, 0.29) is 5.15 Å². The number of hydrogen-bond acceptors (Lipinski definition) is 4. The number of aryl methyl sites for hydroxylation is 1. The third-order valence-corrected chi connectivity index (χ3v) is 1.96. The van der Waals surface area contributed by atoms with Crippen molar-refractivity contribution in [2.75, 3.05) is 24.3 Å². The quantitative estimate of drug-likeness (QED) is 0.604. The van der Waals surface area contributed by atoms with E-state index in [0.717, 1.165) is 0 Å². The van der Waals surface area contributed by atoms with Crippen LogP contribution in [0.2, 0.25) is 5.15 Å². The first kappa shape index (κ1) is 10.7. The van der Waals surface area contributed by atoms with Crippen molar-refractivity contribution in [1.82, 2.24) is 9.97 Å². The van der Waals surface area contributed by atoms with Gasteiger partial charge in [-0.05, 0) is 6.92 Å². The maximum absolute atomic E-state index is 10.6. The van der Waals surface area contributed by atoms with Crippen molar-refractivity contribution in [3.8, 4) is 0 Å². The standard InChI is InChI=1S/C8H11ClN4O/c1-5-11-7(9)6(13(3)4-14)8(10-2)12-5/h4H,1-3H3,(H,10,11,12). The second kappa shape index (κ2) is 4.23. The third-order valence-electron chi connectivity index (χ3n) is 1.70. The summed E-state index contributed by atoms with van der Waals surface area (Å²) >= 11 is 5.90. The van der Waals surface area contributed by atoms with Gasteiger partial charge in [0.2, 0.25) is 6.41 Å². The first-order chi connectivity index (χ1) is 6.60. The van der Waals surface area contributed by atoms with Gasteiger partial charge in [0.15, 0.2) is 11.0 Å². The minimum absolute atomic E-state index is 0.261. The maximum Gasteiger partial charge on any atom is 0.214 e. The molecule has 0 saturated carbocycles. The summed E-state index contributed by atoms with van der Waals surface area (Å²) in [6.45, 7) is 1.73. The predicted octanol–water partition coefficient (Wildman–Crippen LogP) is 1.07. The zero-order valence-electron chi connectivity index (χ0n) is 8.21. The molecule has 0 aliphatic rings. The fourth-order valence-electron chi connectivity index (χ4n) is 1.07. The van der Waals surface area contributed by atoms with Gasteiger partial charge in [-0.1, -0.05) is 11.6 Å². The van der Waals surface area contributed by atoms with Crippen LogP contribution in [0.15, 0.2) is 0 Å². The maximum atomic E-state index is 10.6. The zero-order chi connectivity index (χ0) is 10.7. The Balaban J connectivity index is 3.31. The van der Waals surface area contributed by atoms with Crippen molar-refractivity contribution < 1.29 is 4.79 Å². The summed E-state index contributed by atoms with van der Waals surface area (Å²) < 4.78 is 0. The van der Waals surface area contributed by atoms with E-state index in [4.69, 9.17) is 11.6 Å². The summed E-state index contributed by atoms with van der Waals surface area (Å²) in [5.41, 5.74) is 0.481. The topological polar surface area (TPSA) is 58.1 Å². The van der Waals surface area contributed by atoms with E-state index in [9.17, 15) is 4.79 Å². The molecular weight excluding hydrogens is 204 g/mol. The molecule has 0 aromatic carbocycles. The Hall–Kier alpha value is -1.36. The van der Waals surface area contributed by atoms with Gasteiger partial charge in [0, 0.05) is 14.1 Å². The molecular formula is C8H11ClN4O. The van der Waals surface area contributed by atoms with Crippen molar-refractivity contribution in [1.29, 1.82) is 0 Å². The fourth-order valence-corrected chi connectivity index (χ4v) is 1.42. The fraction of sp³-hybridized carbons (Fsp3) is 0.375. The summed E-state index contributed by atoms with van der Waals surface area (Å²) in [5.74, 6) is 1.10. The zero-order valence-corrected chi connectivity index (χ0v) is 8.96. The average molecular weight is 215 g/mol. The van der Waals surface area contributed by atoms with E-state index in [1.165, 1.54) is 4.90 Å². The average Bonchev–Trinajstić information content (AvgIpc) is 2.15. The van der Waals surface area contributed by atoms with Gasteiger partial charge in [-0.15, -0.1) is 0 Å². The Kier molecular flexibility index (Phi) is 3.24. The molecule has 0 spiro atoms. The SMILES string of the molecule is CNc1nc(C)nc(Cl)c1N(C)C=O. The molecule has 1 aromatic rings. The second-order valence-electron chi connectivity index (χ2n) is 2.73. The Labute approximate surface area is 87.1 Å². The van der Waals surface area contributed by atoms with Crippen LogP contribution in [0.1, 0.15) is 5.82 Å². The smallest absolute Gasteiger partial charge is 0.214 e. The third kappa shape index (κ3) is 1.93. The van der Waals surface area contributed by atoms with E-state index in [1.54, 1.807) is 21.0 Å². The summed E-state index contributed by atoms with van der Waals surface area (Å²) in [6.07, 6.45) is 0.654. The highest BCUT2D eigenvalue weighted by Crippen LogP contribution is 2.29. The van der Waals surface area contributed by atoms with Gasteiger partial charge in [0.1, 0.15) is 11.5 Å². The number of hydrogen-bond donors (Lipinski definition) is 1. The molecule has 6 heteroatoms. The minimum atomic E-state index is 0.261. The molecule has 0 unspecified atom stereocenters. The molecule has 1 N–H and O–H groups in total. The van der Waals surface area contributed by atoms with Crippen LogP contribution < -0.4 is 10.2 Å². The van der Waals surface area contributed by atoms with Gasteiger partial charge in [0.25, 0.3) is 0 Å². The first-order valence-electron chi connectivity index (χ1n) is 4.00. The highest BCUT2D eigenvalue weighted by Gasteiger charge is 2.14. The molecule has 0 saturated heterocycles. The van der Waals surface area contributed by atoms with E-state index < -0.39 is 0 Å². The second-order valence-corrected chi connectivity index (χ2v) is 3.08. The van der Waals surface area contributed by atoms with Crippen LogP contribution >= 0.6 is 11.6 Å². The largest absolute Gasteiger partial charge is 0.371 e. The van der Waals surface area contributed by atoms with Gasteiger partial charge in [-0.25, -0.2) is 9.97 Å². The van der Waals surface area contributed by atoms with E-state index in [2.05, 4.69) is 15.3 Å². The van der Waals surface area contributed by atoms with Crippen molar-refractivity contribution in [2.45, 2.75) is 6.92 Å². The number of rotatable bonds is 3. The summed E-state index contributed by atoms with van der Waals surface area (Å²) in [4.78, 5) is 20.0. The first-order valence-corrected chi connectivity index (χ1v) is 4.38. The van der Waals surface area contributed by atoms with Gasteiger partial charge >= 0.3 is 0 Å². The number of aromatic nitrogens is 2. The number of nitrogens with zero attached hydrogens (tertiary/aromatic N) is 3. The lowest BCUT2D eigenvalue weighted by molar-refractivity contribution is -0.107. The minimum Gasteiger partial charge on any atom is -0.371 e. The molecule has 0 aliphatic heterocycles. The number of anilines is 2. The van der Waals surface area contributed by atoms with Crippen LogP contribution in [0.25, 0.3) is 0 Å². The molecule has 0 radical (unpaired) electrons. The monoisotopic (exact) mass is 214 g/mol. The molecule has 1 heterocycles. The van der Waals surface area contributed by atoms with E-state index >= 15 is 0 Å². The molecule has 0 fully saturated rings. The lowest BCUT2D eigenvalue weighted by Crippen LogP contribution is -2.17. The predicted molar refractivity (Wildman–Crippen MR) is 55.8 cm³/mol. The molecule has 0 atom stereocenters. The Morgan fingerprint density at radius 1 is 1.50 bits per heavy atom. The number of nitrogens with one attached hydrogen (secondary N) is 1. The van der Waals surface area contributed by atoms with Crippen LogP contribution in [0.3, 0.4) is 0 Å². The number of amides is 1. The van der Waals surface area contributed by atoms with Gasteiger partial charge in [-0.2, -0.15) is 0 Å². The highest BCUT2D eigenvalue weighted by atomic mass is 35.5. The molecule has 1 amide bonds. The Morgan fingerprint density at radius 2 is 2.14 bits per heavy atom. The Bertz CT molecular complexity index is 355. The van der Waals surface area contributed by atoms with Gasteiger partial charge < -0.3 is 10.2 Å². The summed E-state index contributed by atoms with van der Waals surface area (Å²) in [7, 11) is 3.30. The molecule has 1 rings (SSSR count). The lowest BCUT2D eigenvalue weighted by Gasteiger charge is -2.16. The molecule has 76 valence electrons. The van der Waals surface area contributed by atoms with Crippen LogP contribution in [0.4, 0.5) is 11.5 Å². The summed E-state index contributed by atoms with van der Waals surface area (Å²) in [5, 5.41) is 3.12. The summed E-state index contributed by atoms with van der Waals surface area (Å²) in [6, 6.07) is 0. The van der Waals surface area contributed by atoms with E-state index in [0.29, 0.717) is 23.7 Å². The van der Waals surface area contributed by atoms with Crippen molar-refractivity contribution in [3.63, 3.8) is 0 Å². The van der Waals surface area contributed by atoms with Crippen LogP contribution in [-0.2, 0) is 4.79 Å². The molecule has 0 aliphatic carbocycles. The van der Waals surface area contributed by atoms with E-state index in [1.807, 2.05) is 0 Å². The normalized spacial score (nSPS) is 9.71. The van der Waals surface area contributed by atoms with Crippen molar-refractivity contribution in [2.24, 2.45) is 0 Å². The lowest BCUT2D eigenvalue weighted by atomic mass is 10.4.